The molecule has 21 heavy (non-hydrogen) atoms. The quantitative estimate of drug-likeness (QED) is 0.633. The van der Waals surface area contributed by atoms with Gasteiger partial charge in [0, 0.05) is 25.1 Å². The third kappa shape index (κ3) is 2.57. The summed E-state index contributed by atoms with van der Waals surface area (Å²) in [5.41, 5.74) is 1.03. The molecular weight excluding hydrogens is 266 g/mol. The third-order valence-corrected chi connectivity index (χ3v) is 3.38. The van der Waals surface area contributed by atoms with E-state index < -0.39 is 0 Å². The average molecular weight is 283 g/mol. The molecule has 1 heterocycles. The van der Waals surface area contributed by atoms with Gasteiger partial charge in [0.2, 0.25) is 0 Å². The lowest BCUT2D eigenvalue weighted by molar-refractivity contribution is -0.131. The van der Waals surface area contributed by atoms with E-state index in [1.54, 1.807) is 12.3 Å². The van der Waals surface area contributed by atoms with Crippen LogP contribution in [0.4, 0.5) is 5.69 Å². The Balaban J connectivity index is 2.11. The van der Waals surface area contributed by atoms with E-state index in [0.29, 0.717) is 5.75 Å². The zero-order chi connectivity index (χ0) is 14.8. The predicted molar refractivity (Wildman–Crippen MR) is 82.7 cm³/mol. The van der Waals surface area contributed by atoms with Crippen molar-refractivity contribution in [3.8, 4) is 11.5 Å². The number of fused-ring (bicyclic) bond motifs is 3. The Labute approximate surface area is 123 Å². The van der Waals surface area contributed by atoms with Gasteiger partial charge in [0.05, 0.1) is 5.69 Å². The van der Waals surface area contributed by atoms with Gasteiger partial charge in [0.1, 0.15) is 12.0 Å². The monoisotopic (exact) mass is 283 g/mol. The van der Waals surface area contributed by atoms with E-state index in [4.69, 9.17) is 9.47 Å². The molecule has 0 aliphatic carbocycles. The first-order valence-electron chi connectivity index (χ1n) is 7.04. The molecule has 3 rings (SSSR count). The molecule has 4 nitrogen and oxygen atoms in total. The van der Waals surface area contributed by atoms with Crippen LogP contribution in [0.3, 0.4) is 0 Å². The van der Waals surface area contributed by atoms with Crippen molar-refractivity contribution in [2.45, 2.75) is 20.3 Å². The fraction of sp³-hybridized carbons (Fsp3) is 0.235. The minimum atomic E-state index is -0.326. The smallest absolute Gasteiger partial charge is 0.308 e. The highest BCUT2D eigenvalue weighted by molar-refractivity contribution is 5.95. The fourth-order valence-electron chi connectivity index (χ4n) is 2.53. The van der Waals surface area contributed by atoms with E-state index >= 15 is 0 Å². The van der Waals surface area contributed by atoms with Crippen LogP contribution < -0.4 is 14.4 Å². The number of ether oxygens (including phenoxy) is 2. The molecule has 0 radical (unpaired) electrons. The van der Waals surface area contributed by atoms with Gasteiger partial charge in [-0.1, -0.05) is 19.1 Å². The van der Waals surface area contributed by atoms with Crippen LogP contribution in [0.2, 0.25) is 0 Å². The van der Waals surface area contributed by atoms with E-state index in [9.17, 15) is 4.79 Å². The van der Waals surface area contributed by atoms with Gasteiger partial charge >= 0.3 is 5.97 Å². The van der Waals surface area contributed by atoms with Gasteiger partial charge < -0.3 is 14.4 Å². The van der Waals surface area contributed by atoms with Gasteiger partial charge in [-0.15, -0.1) is 0 Å². The van der Waals surface area contributed by atoms with Crippen molar-refractivity contribution in [3.05, 3.63) is 42.8 Å². The summed E-state index contributed by atoms with van der Waals surface area (Å²) >= 11 is 0. The summed E-state index contributed by atoms with van der Waals surface area (Å²) in [6, 6.07) is 9.68. The highest BCUT2D eigenvalue weighted by Crippen LogP contribution is 2.40. The highest BCUT2D eigenvalue weighted by atomic mass is 16.5. The minimum Gasteiger partial charge on any atom is -0.461 e. The van der Waals surface area contributed by atoms with Gasteiger partial charge in [-0.05, 0) is 30.0 Å². The molecule has 0 saturated carbocycles. The number of anilines is 1. The molecular formula is C17H17NO3. The van der Waals surface area contributed by atoms with Crippen molar-refractivity contribution < 1.29 is 14.3 Å². The van der Waals surface area contributed by atoms with Crippen molar-refractivity contribution in [2.24, 2.45) is 0 Å². The molecule has 0 spiro atoms. The number of carbonyl (C=O) groups excluding carboxylic acids is 1. The average Bonchev–Trinajstić information content (AvgIpc) is 2.47. The van der Waals surface area contributed by atoms with Crippen LogP contribution in [0.15, 0.2) is 42.8 Å². The van der Waals surface area contributed by atoms with Crippen LogP contribution in [0.5, 0.6) is 11.5 Å². The highest BCUT2D eigenvalue weighted by Gasteiger charge is 2.17. The normalized spacial score (nSPS) is 13.0. The zero-order valence-corrected chi connectivity index (χ0v) is 12.1. The maximum absolute atomic E-state index is 11.1. The summed E-state index contributed by atoms with van der Waals surface area (Å²) in [5.74, 6) is 1.01. The summed E-state index contributed by atoms with van der Waals surface area (Å²) in [6.07, 6.45) is 4.68. The third-order valence-electron chi connectivity index (χ3n) is 3.38. The molecule has 1 aliphatic heterocycles. The zero-order valence-electron chi connectivity index (χ0n) is 12.1. The summed E-state index contributed by atoms with van der Waals surface area (Å²) in [6.45, 7) is 4.47. The van der Waals surface area contributed by atoms with E-state index in [-0.39, 0.29) is 5.97 Å². The minimum absolute atomic E-state index is 0.326. The lowest BCUT2D eigenvalue weighted by Crippen LogP contribution is -2.20. The first-order valence-corrected chi connectivity index (χ1v) is 7.04. The van der Waals surface area contributed by atoms with Gasteiger partial charge in [-0.3, -0.25) is 4.79 Å². The lowest BCUT2D eigenvalue weighted by Gasteiger charge is -2.26. The van der Waals surface area contributed by atoms with Crippen molar-refractivity contribution in [1.82, 2.24) is 0 Å². The molecule has 1 aliphatic rings. The van der Waals surface area contributed by atoms with Crippen molar-refractivity contribution in [1.29, 1.82) is 0 Å². The summed E-state index contributed by atoms with van der Waals surface area (Å²) in [7, 11) is 0. The Kier molecular flexibility index (Phi) is 3.52. The maximum Gasteiger partial charge on any atom is 0.308 e. The SMILES string of the molecule is CCCN1C=COc2c1ccc1ccc(OC(C)=O)cc21. The Morgan fingerprint density at radius 2 is 2.10 bits per heavy atom. The van der Waals surface area contributed by atoms with Crippen LogP contribution in [0.25, 0.3) is 10.8 Å². The van der Waals surface area contributed by atoms with E-state index in [1.807, 2.05) is 18.3 Å². The van der Waals surface area contributed by atoms with Gasteiger partial charge in [0.15, 0.2) is 5.75 Å². The van der Waals surface area contributed by atoms with Crippen molar-refractivity contribution >= 4 is 22.4 Å². The number of hydrogen-bond acceptors (Lipinski definition) is 4. The molecule has 0 unspecified atom stereocenters. The molecule has 0 N–H and O–H groups in total. The standard InChI is InChI=1S/C17H17NO3/c1-3-8-18-9-10-20-17-15-11-14(21-12(2)19)6-4-13(15)5-7-16(17)18/h4-7,9-11H,3,8H2,1-2H3. The summed E-state index contributed by atoms with van der Waals surface area (Å²) in [5, 5.41) is 1.99. The number of carbonyl (C=O) groups is 1. The summed E-state index contributed by atoms with van der Waals surface area (Å²) in [4.78, 5) is 13.3. The number of esters is 1. The summed E-state index contributed by atoms with van der Waals surface area (Å²) < 4.78 is 10.9. The van der Waals surface area contributed by atoms with E-state index in [1.165, 1.54) is 6.92 Å². The second-order valence-corrected chi connectivity index (χ2v) is 4.99. The molecule has 0 amide bonds. The van der Waals surface area contributed by atoms with E-state index in [0.717, 1.165) is 35.2 Å². The molecule has 4 heteroatoms. The number of nitrogens with zero attached hydrogens (tertiary/aromatic N) is 1. The van der Waals surface area contributed by atoms with Gasteiger partial charge in [-0.25, -0.2) is 0 Å². The number of hydrogen-bond donors (Lipinski definition) is 0. The molecule has 0 fully saturated rings. The Bertz CT molecular complexity index is 721. The molecule has 0 aromatic heterocycles. The predicted octanol–water partition coefficient (Wildman–Crippen LogP) is 3.85. The van der Waals surface area contributed by atoms with Crippen molar-refractivity contribution in [3.63, 3.8) is 0 Å². The molecule has 0 bridgehead atoms. The molecule has 2 aromatic carbocycles. The van der Waals surface area contributed by atoms with Crippen LogP contribution in [-0.4, -0.2) is 12.5 Å². The first-order chi connectivity index (χ1) is 10.2. The van der Waals surface area contributed by atoms with Crippen LogP contribution >= 0.6 is 0 Å². The van der Waals surface area contributed by atoms with Gasteiger partial charge in [0.25, 0.3) is 0 Å². The second-order valence-electron chi connectivity index (χ2n) is 4.99. The van der Waals surface area contributed by atoms with Crippen LogP contribution in [0, 0.1) is 0 Å². The molecule has 0 atom stereocenters. The maximum atomic E-state index is 11.1. The topological polar surface area (TPSA) is 38.8 Å². The Morgan fingerprint density at radius 3 is 2.86 bits per heavy atom. The second kappa shape index (κ2) is 5.48. The fourth-order valence-corrected chi connectivity index (χ4v) is 2.53. The lowest BCUT2D eigenvalue weighted by atomic mass is 10.1. The Morgan fingerprint density at radius 1 is 1.29 bits per heavy atom. The number of rotatable bonds is 3. The van der Waals surface area contributed by atoms with E-state index in [2.05, 4.69) is 24.0 Å². The molecule has 108 valence electrons. The van der Waals surface area contributed by atoms with Gasteiger partial charge in [-0.2, -0.15) is 0 Å². The Hall–Kier alpha value is -2.49. The molecule has 2 aromatic rings. The largest absolute Gasteiger partial charge is 0.461 e. The first kappa shape index (κ1) is 13.5. The van der Waals surface area contributed by atoms with Crippen LogP contribution in [0.1, 0.15) is 20.3 Å². The molecule has 0 saturated heterocycles. The van der Waals surface area contributed by atoms with Crippen molar-refractivity contribution in [2.75, 3.05) is 11.4 Å². The number of benzene rings is 2. The van der Waals surface area contributed by atoms with Crippen LogP contribution in [-0.2, 0) is 4.79 Å².